The summed E-state index contributed by atoms with van der Waals surface area (Å²) >= 11 is 0. The Balaban J connectivity index is 1.49. The van der Waals surface area contributed by atoms with E-state index < -0.39 is 35.2 Å². The minimum Gasteiger partial charge on any atom is -0.340 e. The topological polar surface area (TPSA) is 60.9 Å². The average Bonchev–Trinajstić information content (AvgIpc) is 3.48. The molecule has 2 heterocycles. The van der Waals surface area contributed by atoms with Gasteiger partial charge in [0.15, 0.2) is 0 Å². The first-order valence-corrected chi connectivity index (χ1v) is 11.2. The molecular formula is C25H27F2N3O3. The lowest BCUT2D eigenvalue weighted by molar-refractivity contribution is -0.145. The molecule has 8 heteroatoms. The molecule has 0 spiro atoms. The van der Waals surface area contributed by atoms with Gasteiger partial charge < -0.3 is 14.7 Å². The number of benzene rings is 2. The van der Waals surface area contributed by atoms with E-state index in [1.165, 1.54) is 15.9 Å². The van der Waals surface area contributed by atoms with Crippen LogP contribution < -0.4 is 0 Å². The number of likely N-dealkylation sites (N-methyl/N-ethyl adjacent to an activating group) is 1. The summed E-state index contributed by atoms with van der Waals surface area (Å²) in [6.45, 7) is 1.09. The van der Waals surface area contributed by atoms with Crippen LogP contribution in [0.1, 0.15) is 41.6 Å². The van der Waals surface area contributed by atoms with E-state index in [1.807, 2.05) is 30.3 Å². The van der Waals surface area contributed by atoms with E-state index in [2.05, 4.69) is 0 Å². The van der Waals surface area contributed by atoms with Crippen molar-refractivity contribution < 1.29 is 23.2 Å². The van der Waals surface area contributed by atoms with Gasteiger partial charge in [-0.3, -0.25) is 14.4 Å². The summed E-state index contributed by atoms with van der Waals surface area (Å²) in [4.78, 5) is 43.9. The van der Waals surface area contributed by atoms with Crippen LogP contribution in [-0.4, -0.2) is 64.6 Å². The average molecular weight is 456 g/mol. The SMILES string of the molecule is CN(Cc1ccccc1)C(=O)[C@@H]1CCCN1C(=O)[C@@H]1CCCN1C(=O)c1c(F)cccc1F. The number of halogens is 2. The lowest BCUT2D eigenvalue weighted by Gasteiger charge is -2.32. The largest absolute Gasteiger partial charge is 0.340 e. The highest BCUT2D eigenvalue weighted by molar-refractivity contribution is 5.99. The molecule has 6 nitrogen and oxygen atoms in total. The van der Waals surface area contributed by atoms with Gasteiger partial charge in [-0.15, -0.1) is 0 Å². The first-order valence-electron chi connectivity index (χ1n) is 11.2. The minimum atomic E-state index is -0.949. The Morgan fingerprint density at radius 1 is 0.879 bits per heavy atom. The number of rotatable bonds is 5. The quantitative estimate of drug-likeness (QED) is 0.696. The number of likely N-dealkylation sites (tertiary alicyclic amines) is 2. The Hall–Kier alpha value is -3.29. The zero-order valence-corrected chi connectivity index (χ0v) is 18.5. The zero-order valence-electron chi connectivity index (χ0n) is 18.5. The molecule has 2 aromatic carbocycles. The van der Waals surface area contributed by atoms with Crippen LogP contribution in [0.4, 0.5) is 8.78 Å². The van der Waals surface area contributed by atoms with Crippen LogP contribution in [0.5, 0.6) is 0 Å². The number of carbonyl (C=O) groups excluding carboxylic acids is 3. The van der Waals surface area contributed by atoms with E-state index >= 15 is 0 Å². The van der Waals surface area contributed by atoms with Gasteiger partial charge in [0.05, 0.1) is 0 Å². The van der Waals surface area contributed by atoms with Crippen molar-refractivity contribution in [2.45, 2.75) is 44.3 Å². The third kappa shape index (κ3) is 4.60. The predicted octanol–water partition coefficient (Wildman–Crippen LogP) is 3.22. The Bertz CT molecular complexity index is 1030. The smallest absolute Gasteiger partial charge is 0.260 e. The lowest BCUT2D eigenvalue weighted by Crippen LogP contribution is -2.53. The molecule has 2 aliphatic rings. The van der Waals surface area contributed by atoms with Gasteiger partial charge in [-0.25, -0.2) is 8.78 Å². The highest BCUT2D eigenvalue weighted by atomic mass is 19.1. The van der Waals surface area contributed by atoms with Crippen molar-refractivity contribution >= 4 is 17.7 Å². The number of carbonyl (C=O) groups is 3. The van der Waals surface area contributed by atoms with E-state index in [-0.39, 0.29) is 18.4 Å². The van der Waals surface area contributed by atoms with Gasteiger partial charge in [-0.2, -0.15) is 0 Å². The number of hydrogen-bond donors (Lipinski definition) is 0. The van der Waals surface area contributed by atoms with Crippen molar-refractivity contribution in [3.05, 3.63) is 71.3 Å². The van der Waals surface area contributed by atoms with Gasteiger partial charge in [-0.05, 0) is 43.4 Å². The van der Waals surface area contributed by atoms with Gasteiger partial charge in [-0.1, -0.05) is 36.4 Å². The summed E-state index contributed by atoms with van der Waals surface area (Å²) < 4.78 is 28.4. The molecule has 0 aromatic heterocycles. The molecule has 0 saturated carbocycles. The van der Waals surface area contributed by atoms with E-state index in [0.717, 1.165) is 17.7 Å². The number of hydrogen-bond acceptors (Lipinski definition) is 3. The van der Waals surface area contributed by atoms with Crippen LogP contribution in [0.25, 0.3) is 0 Å². The second kappa shape index (κ2) is 9.68. The zero-order chi connectivity index (χ0) is 23.5. The summed E-state index contributed by atoms with van der Waals surface area (Å²) in [7, 11) is 1.71. The van der Waals surface area contributed by atoms with E-state index in [4.69, 9.17) is 0 Å². The standard InChI is InChI=1S/C25H27F2N3O3/c1-28(16-17-8-3-2-4-9-17)23(31)20-12-6-14-29(20)24(32)21-13-7-15-30(21)25(33)22-18(26)10-5-11-19(22)27/h2-5,8-11,20-21H,6-7,12-16H2,1H3/t20-,21-/m0/s1. The normalized spacial score (nSPS) is 20.2. The Kier molecular flexibility index (Phi) is 6.72. The molecular weight excluding hydrogens is 428 g/mol. The van der Waals surface area contributed by atoms with Crippen LogP contribution in [0, 0.1) is 11.6 Å². The summed E-state index contributed by atoms with van der Waals surface area (Å²) in [5.41, 5.74) is 0.345. The highest BCUT2D eigenvalue weighted by Gasteiger charge is 2.43. The Labute approximate surface area is 191 Å². The van der Waals surface area contributed by atoms with Crippen molar-refractivity contribution in [2.24, 2.45) is 0 Å². The lowest BCUT2D eigenvalue weighted by atomic mass is 10.1. The predicted molar refractivity (Wildman–Crippen MR) is 118 cm³/mol. The summed E-state index contributed by atoms with van der Waals surface area (Å²) in [5.74, 6) is -3.21. The fourth-order valence-corrected chi connectivity index (χ4v) is 4.78. The Morgan fingerprint density at radius 3 is 2.15 bits per heavy atom. The third-order valence-corrected chi connectivity index (χ3v) is 6.44. The molecule has 0 unspecified atom stereocenters. The maximum Gasteiger partial charge on any atom is 0.260 e. The van der Waals surface area contributed by atoms with Crippen LogP contribution in [0.3, 0.4) is 0 Å². The fraction of sp³-hybridized carbons (Fsp3) is 0.400. The Morgan fingerprint density at radius 2 is 1.48 bits per heavy atom. The molecule has 2 aromatic rings. The summed E-state index contributed by atoms with van der Waals surface area (Å²) in [6.07, 6.45) is 2.19. The molecule has 4 rings (SSSR count). The molecule has 3 amide bonds. The maximum atomic E-state index is 14.2. The van der Waals surface area contributed by atoms with Crippen LogP contribution in [-0.2, 0) is 16.1 Å². The van der Waals surface area contributed by atoms with Gasteiger partial charge >= 0.3 is 0 Å². The summed E-state index contributed by atoms with van der Waals surface area (Å²) in [6, 6.07) is 11.4. The maximum absolute atomic E-state index is 14.2. The van der Waals surface area contributed by atoms with Crippen molar-refractivity contribution in [3.8, 4) is 0 Å². The van der Waals surface area contributed by atoms with E-state index in [0.29, 0.717) is 38.8 Å². The molecule has 2 aliphatic heterocycles. The minimum absolute atomic E-state index is 0.152. The first kappa shape index (κ1) is 22.9. The van der Waals surface area contributed by atoms with Crippen LogP contribution in [0.2, 0.25) is 0 Å². The van der Waals surface area contributed by atoms with Gasteiger partial charge in [0.2, 0.25) is 11.8 Å². The van der Waals surface area contributed by atoms with Crippen molar-refractivity contribution in [1.82, 2.24) is 14.7 Å². The molecule has 0 N–H and O–H groups in total. The van der Waals surface area contributed by atoms with Crippen molar-refractivity contribution in [2.75, 3.05) is 20.1 Å². The number of nitrogens with zero attached hydrogens (tertiary/aromatic N) is 3. The molecule has 174 valence electrons. The molecule has 2 saturated heterocycles. The van der Waals surface area contributed by atoms with Crippen LogP contribution >= 0.6 is 0 Å². The van der Waals surface area contributed by atoms with E-state index in [1.54, 1.807) is 11.9 Å². The highest BCUT2D eigenvalue weighted by Crippen LogP contribution is 2.28. The number of amides is 3. The molecule has 0 bridgehead atoms. The molecule has 2 fully saturated rings. The molecule has 0 radical (unpaired) electrons. The summed E-state index contributed by atoms with van der Waals surface area (Å²) in [5, 5.41) is 0. The third-order valence-electron chi connectivity index (χ3n) is 6.44. The molecule has 0 aliphatic carbocycles. The molecule has 33 heavy (non-hydrogen) atoms. The first-order chi connectivity index (χ1) is 15.9. The molecule has 2 atom stereocenters. The van der Waals surface area contributed by atoms with Gasteiger partial charge in [0, 0.05) is 26.7 Å². The van der Waals surface area contributed by atoms with Gasteiger partial charge in [0.1, 0.15) is 29.3 Å². The monoisotopic (exact) mass is 455 g/mol. The van der Waals surface area contributed by atoms with Crippen molar-refractivity contribution in [1.29, 1.82) is 0 Å². The van der Waals surface area contributed by atoms with E-state index in [9.17, 15) is 23.2 Å². The van der Waals surface area contributed by atoms with Crippen LogP contribution in [0.15, 0.2) is 48.5 Å². The van der Waals surface area contributed by atoms with Gasteiger partial charge in [0.25, 0.3) is 5.91 Å². The second-order valence-corrected chi connectivity index (χ2v) is 8.62. The van der Waals surface area contributed by atoms with Crippen molar-refractivity contribution in [3.63, 3.8) is 0 Å². The second-order valence-electron chi connectivity index (χ2n) is 8.62. The fourth-order valence-electron chi connectivity index (χ4n) is 4.78.